The molecule has 0 aliphatic heterocycles. The number of unbranched alkanes of at least 4 members (excludes halogenated alkanes) is 39. The third kappa shape index (κ3) is 47.5. The molecule has 0 heterocycles. The van der Waals surface area contributed by atoms with Crippen LogP contribution in [0.4, 0.5) is 0 Å². The van der Waals surface area contributed by atoms with E-state index in [9.17, 15) is 14.4 Å². The third-order valence-corrected chi connectivity index (χ3v) is 12.4. The van der Waals surface area contributed by atoms with E-state index >= 15 is 0 Å². The zero-order chi connectivity index (χ0) is 43.7. The van der Waals surface area contributed by atoms with Crippen molar-refractivity contribution in [3.05, 3.63) is 0 Å². The number of esters is 3. The maximum Gasteiger partial charge on any atom is 0.306 e. The molecule has 0 aromatic heterocycles. The molecule has 0 saturated heterocycles. The van der Waals surface area contributed by atoms with Crippen LogP contribution in [0.2, 0.25) is 0 Å². The van der Waals surface area contributed by atoms with Crippen LogP contribution in [0.1, 0.15) is 310 Å². The molecule has 6 heteroatoms. The summed E-state index contributed by atoms with van der Waals surface area (Å²) in [5.74, 6) is -0.841. The van der Waals surface area contributed by atoms with Crippen molar-refractivity contribution >= 4 is 17.9 Å². The topological polar surface area (TPSA) is 78.9 Å². The number of carbonyl (C=O) groups excluding carboxylic acids is 3. The van der Waals surface area contributed by atoms with Gasteiger partial charge in [0.05, 0.1) is 0 Å². The molecule has 0 bridgehead atoms. The number of hydrogen-bond acceptors (Lipinski definition) is 6. The highest BCUT2D eigenvalue weighted by Gasteiger charge is 2.19. The lowest BCUT2D eigenvalue weighted by Crippen LogP contribution is -2.30. The molecule has 0 aliphatic carbocycles. The molecule has 0 saturated carbocycles. The highest BCUT2D eigenvalue weighted by molar-refractivity contribution is 5.71. The predicted octanol–water partition coefficient (Wildman–Crippen LogP) is 17.6. The van der Waals surface area contributed by atoms with Crippen LogP contribution in [0.5, 0.6) is 0 Å². The van der Waals surface area contributed by atoms with Gasteiger partial charge in [-0.1, -0.05) is 271 Å². The van der Waals surface area contributed by atoms with Gasteiger partial charge in [0.15, 0.2) is 6.10 Å². The van der Waals surface area contributed by atoms with Gasteiger partial charge in [-0.05, 0) is 19.3 Å². The number of hydrogen-bond donors (Lipinski definition) is 0. The Balaban J connectivity index is 4.23. The van der Waals surface area contributed by atoms with Gasteiger partial charge in [0.1, 0.15) is 13.2 Å². The van der Waals surface area contributed by atoms with Crippen molar-refractivity contribution in [3.63, 3.8) is 0 Å². The first-order chi connectivity index (χ1) is 29.5. The van der Waals surface area contributed by atoms with E-state index in [1.165, 1.54) is 212 Å². The van der Waals surface area contributed by atoms with Crippen LogP contribution in [0.25, 0.3) is 0 Å². The fourth-order valence-corrected chi connectivity index (χ4v) is 8.27. The standard InChI is InChI=1S/C54H104O6/c1-4-7-10-13-16-19-21-23-25-26-27-29-31-33-36-39-42-45-48-54(57)60-51(49-58-52(55)46-43-40-37-34-18-15-12-9-6-3)50-59-53(56)47-44-41-38-35-32-30-28-24-22-20-17-14-11-8-5-2/h51H,4-50H2,1-3H3/t51-/m0/s1. The lowest BCUT2D eigenvalue weighted by molar-refractivity contribution is -0.167. The van der Waals surface area contributed by atoms with Gasteiger partial charge in [-0.25, -0.2) is 0 Å². The molecule has 0 unspecified atom stereocenters. The Hall–Kier alpha value is -1.59. The molecule has 0 rings (SSSR count). The van der Waals surface area contributed by atoms with E-state index in [1.54, 1.807) is 0 Å². The van der Waals surface area contributed by atoms with E-state index in [0.29, 0.717) is 19.3 Å². The fourth-order valence-electron chi connectivity index (χ4n) is 8.27. The Labute approximate surface area is 374 Å². The minimum atomic E-state index is -0.759. The molecule has 0 aromatic rings. The quantitative estimate of drug-likeness (QED) is 0.0345. The molecule has 0 aromatic carbocycles. The van der Waals surface area contributed by atoms with Crippen molar-refractivity contribution in [2.45, 2.75) is 316 Å². The Morgan fingerprint density at radius 1 is 0.267 bits per heavy atom. The van der Waals surface area contributed by atoms with Gasteiger partial charge in [-0.3, -0.25) is 14.4 Å². The van der Waals surface area contributed by atoms with E-state index in [4.69, 9.17) is 14.2 Å². The molecule has 6 nitrogen and oxygen atoms in total. The van der Waals surface area contributed by atoms with Crippen LogP contribution in [0.15, 0.2) is 0 Å². The Morgan fingerprint density at radius 2 is 0.450 bits per heavy atom. The summed E-state index contributed by atoms with van der Waals surface area (Å²) < 4.78 is 16.8. The molecule has 0 radical (unpaired) electrons. The molecule has 0 N–H and O–H groups in total. The van der Waals surface area contributed by atoms with E-state index in [-0.39, 0.29) is 31.1 Å². The highest BCUT2D eigenvalue weighted by Crippen LogP contribution is 2.17. The van der Waals surface area contributed by atoms with Crippen LogP contribution < -0.4 is 0 Å². The zero-order valence-electron chi connectivity index (χ0n) is 40.8. The summed E-state index contributed by atoms with van der Waals surface area (Å²) in [6, 6.07) is 0. The van der Waals surface area contributed by atoms with Crippen molar-refractivity contribution in [1.82, 2.24) is 0 Å². The van der Waals surface area contributed by atoms with Crippen LogP contribution in [0.3, 0.4) is 0 Å². The van der Waals surface area contributed by atoms with Crippen molar-refractivity contribution < 1.29 is 28.6 Å². The van der Waals surface area contributed by atoms with E-state index in [1.807, 2.05) is 0 Å². The third-order valence-electron chi connectivity index (χ3n) is 12.4. The molecule has 356 valence electrons. The van der Waals surface area contributed by atoms with Crippen molar-refractivity contribution in [3.8, 4) is 0 Å². The number of ether oxygens (including phenoxy) is 3. The first-order valence-corrected chi connectivity index (χ1v) is 27.0. The molecular weight excluding hydrogens is 745 g/mol. The minimum Gasteiger partial charge on any atom is -0.462 e. The van der Waals surface area contributed by atoms with Gasteiger partial charge in [0.25, 0.3) is 0 Å². The lowest BCUT2D eigenvalue weighted by Gasteiger charge is -2.18. The summed E-state index contributed by atoms with van der Waals surface area (Å²) in [7, 11) is 0. The van der Waals surface area contributed by atoms with Gasteiger partial charge in [-0.15, -0.1) is 0 Å². The Morgan fingerprint density at radius 3 is 0.667 bits per heavy atom. The summed E-state index contributed by atoms with van der Waals surface area (Å²) in [5, 5.41) is 0. The number of rotatable bonds is 50. The SMILES string of the molecule is CCCCCCCCCCCCCCCCCCCCC(=O)O[C@@H](COC(=O)CCCCCCCCCCC)COC(=O)CCCCCCCCCCCCCCCCC. The first-order valence-electron chi connectivity index (χ1n) is 27.0. The average molecular weight is 849 g/mol. The van der Waals surface area contributed by atoms with Gasteiger partial charge >= 0.3 is 17.9 Å². The largest absolute Gasteiger partial charge is 0.462 e. The molecular formula is C54H104O6. The van der Waals surface area contributed by atoms with Gasteiger partial charge in [0.2, 0.25) is 0 Å². The summed E-state index contributed by atoms with van der Waals surface area (Å²) in [6.07, 6.45) is 53.8. The van der Waals surface area contributed by atoms with Crippen LogP contribution >= 0.6 is 0 Å². The van der Waals surface area contributed by atoms with Crippen LogP contribution in [-0.4, -0.2) is 37.2 Å². The average Bonchev–Trinajstić information content (AvgIpc) is 3.24. The van der Waals surface area contributed by atoms with Crippen molar-refractivity contribution in [1.29, 1.82) is 0 Å². The van der Waals surface area contributed by atoms with E-state index in [0.717, 1.165) is 57.8 Å². The molecule has 0 spiro atoms. The van der Waals surface area contributed by atoms with E-state index in [2.05, 4.69) is 20.8 Å². The Bertz CT molecular complexity index is 889. The molecule has 60 heavy (non-hydrogen) atoms. The molecule has 1 atom stereocenters. The van der Waals surface area contributed by atoms with Gasteiger partial charge in [0, 0.05) is 19.3 Å². The maximum absolute atomic E-state index is 12.8. The second-order valence-corrected chi connectivity index (χ2v) is 18.5. The van der Waals surface area contributed by atoms with E-state index < -0.39 is 6.10 Å². The Kier molecular flexibility index (Phi) is 48.7. The normalized spacial score (nSPS) is 11.8. The van der Waals surface area contributed by atoms with Gasteiger partial charge < -0.3 is 14.2 Å². The highest BCUT2D eigenvalue weighted by atomic mass is 16.6. The maximum atomic E-state index is 12.8. The molecule has 0 fully saturated rings. The predicted molar refractivity (Wildman–Crippen MR) is 257 cm³/mol. The summed E-state index contributed by atoms with van der Waals surface area (Å²) in [6.45, 7) is 6.67. The minimum absolute atomic E-state index is 0.0618. The number of carbonyl (C=O) groups is 3. The van der Waals surface area contributed by atoms with Crippen LogP contribution in [-0.2, 0) is 28.6 Å². The molecule has 0 amide bonds. The summed E-state index contributed by atoms with van der Waals surface area (Å²) >= 11 is 0. The van der Waals surface area contributed by atoms with Gasteiger partial charge in [-0.2, -0.15) is 0 Å². The first kappa shape index (κ1) is 58.4. The van der Waals surface area contributed by atoms with Crippen molar-refractivity contribution in [2.24, 2.45) is 0 Å². The summed E-state index contributed by atoms with van der Waals surface area (Å²) in [4.78, 5) is 37.9. The lowest BCUT2D eigenvalue weighted by atomic mass is 10.0. The smallest absolute Gasteiger partial charge is 0.306 e. The second kappa shape index (κ2) is 50.1. The second-order valence-electron chi connectivity index (χ2n) is 18.5. The van der Waals surface area contributed by atoms with Crippen molar-refractivity contribution in [2.75, 3.05) is 13.2 Å². The summed E-state index contributed by atoms with van der Waals surface area (Å²) in [5.41, 5.74) is 0. The van der Waals surface area contributed by atoms with Crippen LogP contribution in [0, 0.1) is 0 Å². The fraction of sp³-hybridized carbons (Fsp3) is 0.944. The monoisotopic (exact) mass is 849 g/mol. The molecule has 0 aliphatic rings. The zero-order valence-corrected chi connectivity index (χ0v) is 40.8.